The van der Waals surface area contributed by atoms with E-state index in [2.05, 4.69) is 20.8 Å². The van der Waals surface area contributed by atoms with Gasteiger partial charge < -0.3 is 10.1 Å². The Labute approximate surface area is 113 Å². The highest BCUT2D eigenvalue weighted by Gasteiger charge is 2.14. The lowest BCUT2D eigenvalue weighted by Gasteiger charge is -2.10. The van der Waals surface area contributed by atoms with E-state index < -0.39 is 0 Å². The van der Waals surface area contributed by atoms with E-state index >= 15 is 0 Å². The molecule has 106 valence electrons. The molecule has 1 aromatic heterocycles. The molecule has 1 heterocycles. The first-order valence-electron chi connectivity index (χ1n) is 6.64. The summed E-state index contributed by atoms with van der Waals surface area (Å²) in [5.41, 5.74) is 3.47. The largest absolute Gasteiger partial charge is 0.383 e. The summed E-state index contributed by atoms with van der Waals surface area (Å²) in [6.45, 7) is 1.36. The number of methoxy groups -OCH3 is 1. The molecule has 0 bridgehead atoms. The summed E-state index contributed by atoms with van der Waals surface area (Å²) in [5.74, 6) is 6.09. The van der Waals surface area contributed by atoms with Crippen LogP contribution in [0.25, 0.3) is 0 Å². The lowest BCUT2D eigenvalue weighted by Crippen LogP contribution is -2.37. The summed E-state index contributed by atoms with van der Waals surface area (Å²) < 4.78 is 6.82. The molecule has 1 aliphatic carbocycles. The zero-order chi connectivity index (χ0) is 13.5. The second kappa shape index (κ2) is 7.10. The van der Waals surface area contributed by atoms with Crippen molar-refractivity contribution in [1.82, 2.24) is 15.2 Å². The SMILES string of the molecule is COCCn1cc(NC(=NC2CCCC2)NN)cn1. The van der Waals surface area contributed by atoms with Crippen molar-refractivity contribution in [3.8, 4) is 0 Å². The number of hydrogen-bond donors (Lipinski definition) is 3. The third-order valence-corrected chi connectivity index (χ3v) is 3.19. The molecule has 7 nitrogen and oxygen atoms in total. The summed E-state index contributed by atoms with van der Waals surface area (Å²) >= 11 is 0. The van der Waals surface area contributed by atoms with E-state index in [1.54, 1.807) is 13.3 Å². The molecule has 0 radical (unpaired) electrons. The minimum atomic E-state index is 0.377. The van der Waals surface area contributed by atoms with Gasteiger partial charge in [0.25, 0.3) is 0 Å². The molecule has 1 fully saturated rings. The number of ether oxygens (including phenoxy) is 1. The number of hydrazine groups is 1. The number of aromatic nitrogens is 2. The fourth-order valence-corrected chi connectivity index (χ4v) is 2.19. The summed E-state index contributed by atoms with van der Waals surface area (Å²) in [6, 6.07) is 0.377. The van der Waals surface area contributed by atoms with Crippen LogP contribution in [0.5, 0.6) is 0 Å². The molecule has 0 atom stereocenters. The van der Waals surface area contributed by atoms with Crippen LogP contribution in [0.1, 0.15) is 25.7 Å². The fourth-order valence-electron chi connectivity index (χ4n) is 2.19. The zero-order valence-corrected chi connectivity index (χ0v) is 11.3. The van der Waals surface area contributed by atoms with E-state index in [1.165, 1.54) is 12.8 Å². The van der Waals surface area contributed by atoms with Gasteiger partial charge in [-0.2, -0.15) is 5.10 Å². The summed E-state index contributed by atoms with van der Waals surface area (Å²) in [4.78, 5) is 4.57. The highest BCUT2D eigenvalue weighted by atomic mass is 16.5. The Balaban J connectivity index is 1.91. The van der Waals surface area contributed by atoms with Gasteiger partial charge in [-0.05, 0) is 12.8 Å². The molecular weight excluding hydrogens is 244 g/mol. The second-order valence-corrected chi connectivity index (χ2v) is 4.67. The molecule has 0 spiro atoms. The van der Waals surface area contributed by atoms with E-state index in [9.17, 15) is 0 Å². The third kappa shape index (κ3) is 4.22. The predicted octanol–water partition coefficient (Wildman–Crippen LogP) is 0.703. The molecule has 2 rings (SSSR count). The summed E-state index contributed by atoms with van der Waals surface area (Å²) in [5, 5.41) is 7.37. The van der Waals surface area contributed by atoms with Crippen molar-refractivity contribution < 1.29 is 4.74 Å². The molecule has 1 saturated carbocycles. The van der Waals surface area contributed by atoms with Crippen LogP contribution >= 0.6 is 0 Å². The number of aliphatic imine (C=N–C) groups is 1. The summed E-state index contributed by atoms with van der Waals surface area (Å²) in [6.07, 6.45) is 8.43. The number of rotatable bonds is 5. The van der Waals surface area contributed by atoms with Gasteiger partial charge in [-0.1, -0.05) is 12.8 Å². The van der Waals surface area contributed by atoms with Crippen LogP contribution < -0.4 is 16.6 Å². The topological polar surface area (TPSA) is 89.5 Å². The molecule has 0 aromatic carbocycles. The molecule has 1 aliphatic rings. The Hall–Kier alpha value is -1.60. The number of hydrogen-bond acceptors (Lipinski definition) is 4. The van der Waals surface area contributed by atoms with Gasteiger partial charge in [-0.25, -0.2) is 10.8 Å². The van der Waals surface area contributed by atoms with E-state index in [-0.39, 0.29) is 0 Å². The Kier molecular flexibility index (Phi) is 5.17. The zero-order valence-electron chi connectivity index (χ0n) is 11.3. The molecule has 0 saturated heterocycles. The van der Waals surface area contributed by atoms with Gasteiger partial charge in [-0.15, -0.1) is 0 Å². The average Bonchev–Trinajstić information content (AvgIpc) is 3.07. The van der Waals surface area contributed by atoms with Crippen molar-refractivity contribution in [2.45, 2.75) is 38.3 Å². The monoisotopic (exact) mass is 266 g/mol. The average molecular weight is 266 g/mol. The summed E-state index contributed by atoms with van der Waals surface area (Å²) in [7, 11) is 1.67. The van der Waals surface area contributed by atoms with Gasteiger partial charge in [0.2, 0.25) is 5.96 Å². The Morgan fingerprint density at radius 1 is 1.58 bits per heavy atom. The Bertz CT molecular complexity index is 410. The first-order valence-corrected chi connectivity index (χ1v) is 6.64. The van der Waals surface area contributed by atoms with Gasteiger partial charge in [0.05, 0.1) is 31.1 Å². The molecule has 4 N–H and O–H groups in total. The maximum absolute atomic E-state index is 5.50. The highest BCUT2D eigenvalue weighted by molar-refractivity contribution is 5.93. The first kappa shape index (κ1) is 13.8. The van der Waals surface area contributed by atoms with Crippen molar-refractivity contribution >= 4 is 11.6 Å². The van der Waals surface area contributed by atoms with Crippen LogP contribution in [0.2, 0.25) is 0 Å². The van der Waals surface area contributed by atoms with Crippen LogP contribution in [0.3, 0.4) is 0 Å². The molecule has 7 heteroatoms. The van der Waals surface area contributed by atoms with Gasteiger partial charge >= 0.3 is 0 Å². The van der Waals surface area contributed by atoms with Crippen LogP contribution in [-0.4, -0.2) is 35.5 Å². The molecule has 0 unspecified atom stereocenters. The van der Waals surface area contributed by atoms with E-state index in [1.807, 2.05) is 10.9 Å². The van der Waals surface area contributed by atoms with Gasteiger partial charge in [0.1, 0.15) is 0 Å². The van der Waals surface area contributed by atoms with E-state index in [0.29, 0.717) is 18.6 Å². The maximum atomic E-state index is 5.50. The number of anilines is 1. The molecule has 19 heavy (non-hydrogen) atoms. The quantitative estimate of drug-likeness (QED) is 0.316. The van der Waals surface area contributed by atoms with Crippen molar-refractivity contribution in [3.05, 3.63) is 12.4 Å². The Morgan fingerprint density at radius 2 is 2.37 bits per heavy atom. The van der Waals surface area contributed by atoms with Gasteiger partial charge in [0, 0.05) is 13.3 Å². The molecule has 1 aromatic rings. The minimum Gasteiger partial charge on any atom is -0.383 e. The van der Waals surface area contributed by atoms with Crippen molar-refractivity contribution in [3.63, 3.8) is 0 Å². The normalized spacial score (nSPS) is 16.8. The molecular formula is C12H22N6O. The van der Waals surface area contributed by atoms with Crippen LogP contribution in [0.15, 0.2) is 17.4 Å². The lowest BCUT2D eigenvalue weighted by molar-refractivity contribution is 0.183. The van der Waals surface area contributed by atoms with Gasteiger partial charge in [0.15, 0.2) is 0 Å². The van der Waals surface area contributed by atoms with Crippen LogP contribution in [0.4, 0.5) is 5.69 Å². The Morgan fingerprint density at radius 3 is 3.05 bits per heavy atom. The number of guanidine groups is 1. The first-order chi connectivity index (χ1) is 9.31. The number of nitrogens with two attached hydrogens (primary N) is 1. The highest BCUT2D eigenvalue weighted by Crippen LogP contribution is 2.20. The van der Waals surface area contributed by atoms with Crippen molar-refractivity contribution in [2.75, 3.05) is 19.0 Å². The molecule has 0 amide bonds. The van der Waals surface area contributed by atoms with Gasteiger partial charge in [-0.3, -0.25) is 10.1 Å². The van der Waals surface area contributed by atoms with Crippen LogP contribution in [0, 0.1) is 0 Å². The number of nitrogens with one attached hydrogen (secondary N) is 2. The predicted molar refractivity (Wildman–Crippen MR) is 74.7 cm³/mol. The maximum Gasteiger partial charge on any atom is 0.210 e. The lowest BCUT2D eigenvalue weighted by atomic mass is 10.3. The van der Waals surface area contributed by atoms with Crippen molar-refractivity contribution in [2.24, 2.45) is 10.8 Å². The second-order valence-electron chi connectivity index (χ2n) is 4.67. The fraction of sp³-hybridized carbons (Fsp3) is 0.667. The van der Waals surface area contributed by atoms with E-state index in [0.717, 1.165) is 25.1 Å². The van der Waals surface area contributed by atoms with Crippen molar-refractivity contribution in [1.29, 1.82) is 0 Å². The number of nitrogens with zero attached hydrogens (tertiary/aromatic N) is 3. The van der Waals surface area contributed by atoms with E-state index in [4.69, 9.17) is 10.6 Å². The standard InChI is InChI=1S/C12H22N6O/c1-19-7-6-18-9-11(8-14-18)16-12(17-13)15-10-4-2-3-5-10/h8-10H,2-7,13H2,1H3,(H2,15,16,17). The van der Waals surface area contributed by atoms with Crippen LogP contribution in [-0.2, 0) is 11.3 Å². The molecule has 0 aliphatic heterocycles. The smallest absolute Gasteiger partial charge is 0.210 e. The minimum absolute atomic E-state index is 0.377. The third-order valence-electron chi connectivity index (χ3n) is 3.19.